The van der Waals surface area contributed by atoms with Crippen LogP contribution in [-0.4, -0.2) is 11.6 Å². The Labute approximate surface area is 113 Å². The second-order valence-electron chi connectivity index (χ2n) is 4.79. The molecule has 19 heavy (non-hydrogen) atoms. The van der Waals surface area contributed by atoms with Crippen LogP contribution >= 0.6 is 0 Å². The summed E-state index contributed by atoms with van der Waals surface area (Å²) in [6.07, 6.45) is 2.12. The van der Waals surface area contributed by atoms with Gasteiger partial charge in [0.05, 0.1) is 31.4 Å². The van der Waals surface area contributed by atoms with Crippen LogP contribution in [0.2, 0.25) is 0 Å². The van der Waals surface area contributed by atoms with Gasteiger partial charge in [0.2, 0.25) is 0 Å². The summed E-state index contributed by atoms with van der Waals surface area (Å²) in [5, 5.41) is 4.50. The van der Waals surface area contributed by atoms with Crippen molar-refractivity contribution in [3.63, 3.8) is 0 Å². The van der Waals surface area contributed by atoms with E-state index in [1.165, 1.54) is 22.3 Å². The molecule has 0 unspecified atom stereocenters. The Balaban J connectivity index is 2.24. The van der Waals surface area contributed by atoms with Gasteiger partial charge in [-0.1, -0.05) is 18.2 Å². The third-order valence-corrected chi connectivity index (χ3v) is 3.67. The SMILES string of the molecule is CNc1cc(-n2ccc3ccccc32)cc(C)[n+]1C. The van der Waals surface area contributed by atoms with Crippen LogP contribution in [0.25, 0.3) is 16.6 Å². The third kappa shape index (κ3) is 1.87. The summed E-state index contributed by atoms with van der Waals surface area (Å²) in [6, 6.07) is 15.0. The molecule has 0 amide bonds. The highest BCUT2D eigenvalue weighted by Crippen LogP contribution is 2.21. The number of para-hydroxylation sites is 1. The fourth-order valence-corrected chi connectivity index (χ4v) is 2.47. The van der Waals surface area contributed by atoms with Crippen molar-refractivity contribution in [1.29, 1.82) is 0 Å². The standard InChI is InChI=1S/C16H17N3/c1-12-10-14(11-16(17-2)18(12)3)19-9-8-13-6-4-5-7-15(13)19/h4-11H,1-3H3/p+1. The fraction of sp³-hybridized carbons (Fsp3) is 0.188. The number of hydrogen-bond donors (Lipinski definition) is 1. The first-order valence-electron chi connectivity index (χ1n) is 6.45. The van der Waals surface area contributed by atoms with E-state index in [4.69, 9.17) is 0 Å². The number of aromatic nitrogens is 2. The molecule has 0 aliphatic rings. The number of anilines is 1. The summed E-state index contributed by atoms with van der Waals surface area (Å²) < 4.78 is 4.37. The van der Waals surface area contributed by atoms with E-state index >= 15 is 0 Å². The minimum absolute atomic E-state index is 1.10. The van der Waals surface area contributed by atoms with Crippen molar-refractivity contribution in [3.8, 4) is 5.69 Å². The Hall–Kier alpha value is -2.29. The van der Waals surface area contributed by atoms with Crippen molar-refractivity contribution in [2.75, 3.05) is 12.4 Å². The second-order valence-corrected chi connectivity index (χ2v) is 4.79. The largest absolute Gasteiger partial charge is 0.316 e. The van der Waals surface area contributed by atoms with Gasteiger partial charge in [0.15, 0.2) is 0 Å². The highest BCUT2D eigenvalue weighted by molar-refractivity contribution is 5.81. The second kappa shape index (κ2) is 4.43. The molecule has 0 radical (unpaired) electrons. The van der Waals surface area contributed by atoms with Crippen LogP contribution in [0.1, 0.15) is 5.69 Å². The summed E-state index contributed by atoms with van der Waals surface area (Å²) in [7, 11) is 4.02. The van der Waals surface area contributed by atoms with E-state index in [0.29, 0.717) is 0 Å². The van der Waals surface area contributed by atoms with Crippen molar-refractivity contribution in [2.24, 2.45) is 7.05 Å². The number of benzene rings is 1. The zero-order valence-electron chi connectivity index (χ0n) is 11.5. The maximum atomic E-state index is 3.24. The minimum Gasteiger partial charge on any atom is -0.316 e. The molecule has 0 aliphatic heterocycles. The number of rotatable bonds is 2. The molecule has 3 nitrogen and oxygen atoms in total. The molecule has 3 rings (SSSR count). The van der Waals surface area contributed by atoms with Crippen molar-refractivity contribution >= 4 is 16.7 Å². The average Bonchev–Trinajstić information content (AvgIpc) is 2.85. The number of nitrogens with zero attached hydrogens (tertiary/aromatic N) is 2. The first-order valence-corrected chi connectivity index (χ1v) is 6.45. The lowest BCUT2D eigenvalue weighted by Crippen LogP contribution is -2.35. The molecule has 3 aromatic rings. The van der Waals surface area contributed by atoms with Gasteiger partial charge in [-0.2, -0.15) is 0 Å². The lowest BCUT2D eigenvalue weighted by atomic mass is 10.2. The summed E-state index contributed by atoms with van der Waals surface area (Å²) in [6.45, 7) is 2.12. The molecule has 3 heteroatoms. The number of hydrogen-bond acceptors (Lipinski definition) is 1. The maximum absolute atomic E-state index is 3.24. The predicted octanol–water partition coefficient (Wildman–Crippen LogP) is 2.81. The first kappa shape index (κ1) is 11.8. The van der Waals surface area contributed by atoms with Gasteiger partial charge in [-0.3, -0.25) is 5.32 Å². The molecule has 2 heterocycles. The van der Waals surface area contributed by atoms with Gasteiger partial charge in [0.25, 0.3) is 5.82 Å². The van der Waals surface area contributed by atoms with Crippen LogP contribution in [-0.2, 0) is 7.05 Å². The van der Waals surface area contributed by atoms with Gasteiger partial charge in [0.1, 0.15) is 5.69 Å². The van der Waals surface area contributed by atoms with Crippen molar-refractivity contribution in [2.45, 2.75) is 6.92 Å². The summed E-state index contributed by atoms with van der Waals surface area (Å²) >= 11 is 0. The molecule has 0 fully saturated rings. The molecule has 0 bridgehead atoms. The highest BCUT2D eigenvalue weighted by Gasteiger charge is 2.11. The van der Waals surface area contributed by atoms with Crippen LogP contribution in [0, 0.1) is 6.92 Å². The Morgan fingerprint density at radius 2 is 1.89 bits per heavy atom. The average molecular weight is 252 g/mol. The van der Waals surface area contributed by atoms with Crippen molar-refractivity contribution in [1.82, 2.24) is 4.57 Å². The van der Waals surface area contributed by atoms with Gasteiger partial charge in [-0.15, -0.1) is 0 Å². The van der Waals surface area contributed by atoms with Gasteiger partial charge in [0, 0.05) is 12.3 Å². The number of nitrogens with one attached hydrogen (secondary N) is 1. The Morgan fingerprint density at radius 1 is 1.11 bits per heavy atom. The quantitative estimate of drug-likeness (QED) is 0.696. The van der Waals surface area contributed by atoms with E-state index < -0.39 is 0 Å². The van der Waals surface area contributed by atoms with E-state index in [2.05, 4.69) is 77.1 Å². The molecular formula is C16H18N3+. The predicted molar refractivity (Wildman–Crippen MR) is 78.7 cm³/mol. The van der Waals surface area contributed by atoms with Gasteiger partial charge in [-0.05, 0) is 24.4 Å². The highest BCUT2D eigenvalue weighted by atomic mass is 15.1. The van der Waals surface area contributed by atoms with Gasteiger partial charge in [-0.25, -0.2) is 4.57 Å². The van der Waals surface area contributed by atoms with Gasteiger partial charge < -0.3 is 4.57 Å². The zero-order valence-corrected chi connectivity index (χ0v) is 11.5. The monoisotopic (exact) mass is 252 g/mol. The normalized spacial score (nSPS) is 10.9. The maximum Gasteiger partial charge on any atom is 0.276 e. The lowest BCUT2D eigenvalue weighted by molar-refractivity contribution is -0.663. The molecule has 96 valence electrons. The molecule has 1 aromatic carbocycles. The number of aryl methyl sites for hydroxylation is 1. The number of fused-ring (bicyclic) bond motifs is 1. The van der Waals surface area contributed by atoms with Gasteiger partial charge >= 0.3 is 0 Å². The van der Waals surface area contributed by atoms with Crippen LogP contribution < -0.4 is 9.88 Å². The Bertz CT molecular complexity index is 741. The van der Waals surface area contributed by atoms with E-state index in [0.717, 1.165) is 5.82 Å². The third-order valence-electron chi connectivity index (χ3n) is 3.67. The van der Waals surface area contributed by atoms with E-state index in [1.807, 2.05) is 7.05 Å². The minimum atomic E-state index is 1.10. The van der Waals surface area contributed by atoms with Crippen molar-refractivity contribution < 1.29 is 4.57 Å². The molecule has 0 saturated carbocycles. The van der Waals surface area contributed by atoms with Crippen LogP contribution in [0.15, 0.2) is 48.7 Å². The molecular weight excluding hydrogens is 234 g/mol. The Kier molecular flexibility index (Phi) is 2.75. The summed E-state index contributed by atoms with van der Waals surface area (Å²) in [5.74, 6) is 1.10. The Morgan fingerprint density at radius 3 is 2.68 bits per heavy atom. The van der Waals surface area contributed by atoms with E-state index in [1.54, 1.807) is 0 Å². The molecule has 0 saturated heterocycles. The zero-order chi connectivity index (χ0) is 13.4. The molecule has 1 N–H and O–H groups in total. The number of pyridine rings is 1. The fourth-order valence-electron chi connectivity index (χ4n) is 2.47. The summed E-state index contributed by atoms with van der Waals surface area (Å²) in [4.78, 5) is 0. The van der Waals surface area contributed by atoms with E-state index in [9.17, 15) is 0 Å². The smallest absolute Gasteiger partial charge is 0.276 e. The van der Waals surface area contributed by atoms with Crippen LogP contribution in [0.5, 0.6) is 0 Å². The molecule has 0 aliphatic carbocycles. The van der Waals surface area contributed by atoms with E-state index in [-0.39, 0.29) is 0 Å². The van der Waals surface area contributed by atoms with Crippen LogP contribution in [0.3, 0.4) is 0 Å². The molecule has 2 aromatic heterocycles. The molecule has 0 atom stereocenters. The first-order chi connectivity index (χ1) is 9.20. The molecule has 0 spiro atoms. The summed E-state index contributed by atoms with van der Waals surface area (Å²) in [5.41, 5.74) is 3.64. The lowest BCUT2D eigenvalue weighted by Gasteiger charge is -2.09. The topological polar surface area (TPSA) is 20.8 Å². The van der Waals surface area contributed by atoms with Crippen LogP contribution in [0.4, 0.5) is 5.82 Å². The van der Waals surface area contributed by atoms with Crippen molar-refractivity contribution in [3.05, 3.63) is 54.4 Å².